The molecule has 4 rings (SSSR count). The van der Waals surface area contributed by atoms with Crippen LogP contribution in [0.5, 0.6) is 5.75 Å². The lowest BCUT2D eigenvalue weighted by Crippen LogP contribution is -2.29. The largest absolute Gasteiger partial charge is 0.497 e. The fraction of sp³-hybridized carbons (Fsp3) is 0.316. The molecule has 0 bridgehead atoms. The molecule has 3 aromatic rings. The number of nitrogens with zero attached hydrogens (tertiary/aromatic N) is 4. The number of hydrogen-bond donors (Lipinski definition) is 1. The van der Waals surface area contributed by atoms with Crippen molar-refractivity contribution in [1.82, 2.24) is 24.5 Å². The summed E-state index contributed by atoms with van der Waals surface area (Å²) in [6, 6.07) is 10.3. The first-order chi connectivity index (χ1) is 13.6. The summed E-state index contributed by atoms with van der Waals surface area (Å²) in [6.45, 7) is 0.959. The second-order valence-corrected chi connectivity index (χ2v) is 8.68. The average molecular weight is 399 g/mol. The van der Waals surface area contributed by atoms with Gasteiger partial charge in [-0.3, -0.25) is 10.1 Å². The Labute approximate surface area is 163 Å². The highest BCUT2D eigenvalue weighted by Gasteiger charge is 2.33. The van der Waals surface area contributed by atoms with E-state index >= 15 is 0 Å². The average Bonchev–Trinajstić information content (AvgIpc) is 3.39. The minimum atomic E-state index is -3.53. The molecule has 28 heavy (non-hydrogen) atoms. The number of benzene rings is 1. The summed E-state index contributed by atoms with van der Waals surface area (Å²) in [7, 11) is -2.01. The molecule has 1 fully saturated rings. The van der Waals surface area contributed by atoms with Gasteiger partial charge in [0, 0.05) is 43.5 Å². The monoisotopic (exact) mass is 399 g/mol. The topological polar surface area (TPSA) is 101 Å². The second-order valence-electron chi connectivity index (χ2n) is 6.74. The maximum Gasteiger partial charge on any atom is 0.243 e. The van der Waals surface area contributed by atoms with E-state index in [0.29, 0.717) is 31.1 Å². The first kappa shape index (κ1) is 18.6. The molecular formula is C19H21N5O3S. The Hall–Kier alpha value is -2.78. The Bertz CT molecular complexity index is 1050. The van der Waals surface area contributed by atoms with Gasteiger partial charge in [-0.1, -0.05) is 6.07 Å². The fourth-order valence-electron chi connectivity index (χ4n) is 3.38. The van der Waals surface area contributed by atoms with Crippen molar-refractivity contribution in [2.45, 2.75) is 17.7 Å². The van der Waals surface area contributed by atoms with E-state index in [2.05, 4.69) is 20.2 Å². The van der Waals surface area contributed by atoms with Crippen molar-refractivity contribution in [2.24, 2.45) is 5.92 Å². The standard InChI is InChI=1S/C19H21N5O3S/c1-27-16-3-2-4-17(12-16)28(25,26)24-10-7-14(13-24)11-18-21-19(23-22-18)15-5-8-20-9-6-15/h2-6,8-9,12,14H,7,10-11,13H2,1H3,(H,21,22,23). The Kier molecular flexibility index (Phi) is 5.10. The van der Waals surface area contributed by atoms with Crippen LogP contribution in [0.2, 0.25) is 0 Å². The van der Waals surface area contributed by atoms with Crippen molar-refractivity contribution in [1.29, 1.82) is 0 Å². The van der Waals surface area contributed by atoms with Gasteiger partial charge in [0.05, 0.1) is 12.0 Å². The van der Waals surface area contributed by atoms with E-state index in [9.17, 15) is 8.42 Å². The fourth-order valence-corrected chi connectivity index (χ4v) is 4.95. The molecule has 1 N–H and O–H groups in total. The summed E-state index contributed by atoms with van der Waals surface area (Å²) in [5.41, 5.74) is 0.895. The van der Waals surface area contributed by atoms with Gasteiger partial charge in [0.1, 0.15) is 11.6 Å². The van der Waals surface area contributed by atoms with Gasteiger partial charge in [-0.05, 0) is 36.6 Å². The number of aromatic nitrogens is 4. The maximum atomic E-state index is 12.9. The number of hydrogen-bond acceptors (Lipinski definition) is 6. The highest BCUT2D eigenvalue weighted by molar-refractivity contribution is 7.89. The van der Waals surface area contributed by atoms with Crippen LogP contribution in [0.4, 0.5) is 0 Å². The van der Waals surface area contributed by atoms with Crippen LogP contribution in [-0.2, 0) is 16.4 Å². The van der Waals surface area contributed by atoms with E-state index < -0.39 is 10.0 Å². The third-order valence-electron chi connectivity index (χ3n) is 4.88. The predicted octanol–water partition coefficient (Wildman–Crippen LogP) is 2.13. The minimum absolute atomic E-state index is 0.193. The summed E-state index contributed by atoms with van der Waals surface area (Å²) < 4.78 is 32.5. The van der Waals surface area contributed by atoms with Gasteiger partial charge < -0.3 is 4.74 Å². The third kappa shape index (κ3) is 3.76. The van der Waals surface area contributed by atoms with E-state index in [0.717, 1.165) is 17.8 Å². The summed E-state index contributed by atoms with van der Waals surface area (Å²) in [5, 5.41) is 7.22. The number of sulfonamides is 1. The van der Waals surface area contributed by atoms with Crippen LogP contribution in [-0.4, -0.2) is 53.1 Å². The number of H-pyrrole nitrogens is 1. The number of methoxy groups -OCH3 is 1. The van der Waals surface area contributed by atoms with Crippen molar-refractivity contribution in [3.05, 3.63) is 54.6 Å². The molecule has 1 aliphatic rings. The highest BCUT2D eigenvalue weighted by Crippen LogP contribution is 2.28. The van der Waals surface area contributed by atoms with E-state index in [4.69, 9.17) is 4.74 Å². The first-order valence-corrected chi connectivity index (χ1v) is 10.5. The van der Waals surface area contributed by atoms with E-state index in [1.54, 1.807) is 36.7 Å². The molecule has 0 aliphatic carbocycles. The first-order valence-electron chi connectivity index (χ1n) is 9.02. The van der Waals surface area contributed by atoms with Crippen LogP contribution < -0.4 is 4.74 Å². The van der Waals surface area contributed by atoms with Gasteiger partial charge >= 0.3 is 0 Å². The summed E-state index contributed by atoms with van der Waals surface area (Å²) in [6.07, 6.45) is 4.84. The molecule has 3 heterocycles. The lowest BCUT2D eigenvalue weighted by atomic mass is 10.1. The van der Waals surface area contributed by atoms with Gasteiger partial charge in [0.25, 0.3) is 0 Å². The highest BCUT2D eigenvalue weighted by atomic mass is 32.2. The molecular weight excluding hydrogens is 378 g/mol. The predicted molar refractivity (Wildman–Crippen MR) is 103 cm³/mol. The second kappa shape index (κ2) is 7.69. The van der Waals surface area contributed by atoms with Crippen molar-refractivity contribution in [3.63, 3.8) is 0 Å². The van der Waals surface area contributed by atoms with Crippen molar-refractivity contribution in [3.8, 4) is 17.1 Å². The summed E-state index contributed by atoms with van der Waals surface area (Å²) >= 11 is 0. The molecule has 1 aliphatic heterocycles. The molecule has 1 atom stereocenters. The molecule has 0 saturated carbocycles. The zero-order valence-corrected chi connectivity index (χ0v) is 16.3. The van der Waals surface area contributed by atoms with Gasteiger partial charge in [0.15, 0.2) is 5.82 Å². The van der Waals surface area contributed by atoms with Gasteiger partial charge in [-0.15, -0.1) is 0 Å². The van der Waals surface area contributed by atoms with Crippen LogP contribution >= 0.6 is 0 Å². The summed E-state index contributed by atoms with van der Waals surface area (Å²) in [5.74, 6) is 2.11. The van der Waals surface area contributed by atoms with Crippen LogP contribution in [0, 0.1) is 5.92 Å². The lowest BCUT2D eigenvalue weighted by Gasteiger charge is -2.17. The molecule has 8 nitrogen and oxygen atoms in total. The normalized spacial score (nSPS) is 17.7. The summed E-state index contributed by atoms with van der Waals surface area (Å²) in [4.78, 5) is 8.78. The lowest BCUT2D eigenvalue weighted by molar-refractivity contribution is 0.412. The smallest absolute Gasteiger partial charge is 0.243 e. The van der Waals surface area contributed by atoms with Crippen molar-refractivity contribution < 1.29 is 13.2 Å². The Morgan fingerprint density at radius 2 is 2.07 bits per heavy atom. The number of nitrogens with one attached hydrogen (secondary N) is 1. The van der Waals surface area contributed by atoms with Crippen molar-refractivity contribution >= 4 is 10.0 Å². The Balaban J connectivity index is 1.44. The van der Waals surface area contributed by atoms with Crippen LogP contribution in [0.25, 0.3) is 11.4 Å². The molecule has 0 radical (unpaired) electrons. The molecule has 0 amide bonds. The number of aromatic amines is 1. The molecule has 9 heteroatoms. The Morgan fingerprint density at radius 1 is 1.25 bits per heavy atom. The Morgan fingerprint density at radius 3 is 2.86 bits per heavy atom. The minimum Gasteiger partial charge on any atom is -0.497 e. The number of ether oxygens (including phenoxy) is 1. The van der Waals surface area contributed by atoms with E-state index in [1.165, 1.54) is 11.4 Å². The van der Waals surface area contributed by atoms with Gasteiger partial charge in [-0.25, -0.2) is 13.4 Å². The van der Waals surface area contributed by atoms with E-state index in [-0.39, 0.29) is 10.8 Å². The molecule has 1 unspecified atom stereocenters. The van der Waals surface area contributed by atoms with Crippen molar-refractivity contribution in [2.75, 3.05) is 20.2 Å². The van der Waals surface area contributed by atoms with Crippen LogP contribution in [0.15, 0.2) is 53.7 Å². The quantitative estimate of drug-likeness (QED) is 0.681. The number of rotatable bonds is 6. The SMILES string of the molecule is COc1cccc(S(=O)(=O)N2CCC(Cc3nc(-c4ccncc4)n[nH]3)C2)c1. The third-order valence-corrected chi connectivity index (χ3v) is 6.74. The molecule has 2 aromatic heterocycles. The zero-order chi connectivity index (χ0) is 19.6. The molecule has 1 saturated heterocycles. The number of pyridine rings is 1. The maximum absolute atomic E-state index is 12.9. The molecule has 1 aromatic carbocycles. The van der Waals surface area contributed by atoms with Crippen LogP contribution in [0.3, 0.4) is 0 Å². The van der Waals surface area contributed by atoms with Crippen LogP contribution in [0.1, 0.15) is 12.2 Å². The molecule has 0 spiro atoms. The van der Waals surface area contributed by atoms with Gasteiger partial charge in [-0.2, -0.15) is 9.40 Å². The molecule has 146 valence electrons. The van der Waals surface area contributed by atoms with Gasteiger partial charge in [0.2, 0.25) is 10.0 Å². The zero-order valence-electron chi connectivity index (χ0n) is 15.4. The van der Waals surface area contributed by atoms with E-state index in [1.807, 2.05) is 12.1 Å².